The van der Waals surface area contributed by atoms with Crippen LogP contribution in [0.15, 0.2) is 0 Å². The van der Waals surface area contributed by atoms with Crippen molar-refractivity contribution in [2.75, 3.05) is 19.6 Å². The third kappa shape index (κ3) is 6.46. The summed E-state index contributed by atoms with van der Waals surface area (Å²) in [6.45, 7) is 6.39. The molecule has 0 aromatic rings. The molecule has 2 N–H and O–H groups in total. The second kappa shape index (κ2) is 7.28. The monoisotopic (exact) mass is 300 g/mol. The van der Waals surface area contributed by atoms with Gasteiger partial charge in [-0.2, -0.15) is 0 Å². The van der Waals surface area contributed by atoms with Gasteiger partial charge in [-0.3, -0.25) is 9.59 Å². The maximum Gasteiger partial charge on any atom is 0.410 e. The highest BCUT2D eigenvalue weighted by Gasteiger charge is 2.30. The Balaban J connectivity index is 2.46. The minimum Gasteiger partial charge on any atom is -0.481 e. The molecule has 1 heterocycles. The number of hydrogen-bond acceptors (Lipinski definition) is 4. The molecule has 0 aliphatic carbocycles. The average molecular weight is 300 g/mol. The highest BCUT2D eigenvalue weighted by atomic mass is 16.6. The molecule has 0 spiro atoms. The molecule has 21 heavy (non-hydrogen) atoms. The quantitative estimate of drug-likeness (QED) is 0.814. The molecule has 1 aliphatic heterocycles. The number of nitrogens with one attached hydrogen (secondary N) is 1. The van der Waals surface area contributed by atoms with Crippen LogP contribution < -0.4 is 5.32 Å². The number of nitrogens with zero attached hydrogens (tertiary/aromatic N) is 1. The van der Waals surface area contributed by atoms with Crippen molar-refractivity contribution >= 4 is 18.0 Å². The third-order valence-corrected chi connectivity index (χ3v) is 3.08. The lowest BCUT2D eigenvalue weighted by molar-refractivity contribution is -0.137. The fourth-order valence-corrected chi connectivity index (χ4v) is 2.12. The number of carboxylic acid groups (broad SMARTS) is 1. The van der Waals surface area contributed by atoms with Crippen LogP contribution in [0.4, 0.5) is 4.79 Å². The molecule has 1 rings (SSSR count). The van der Waals surface area contributed by atoms with E-state index in [9.17, 15) is 14.4 Å². The highest BCUT2D eigenvalue weighted by Crippen LogP contribution is 2.19. The smallest absolute Gasteiger partial charge is 0.410 e. The van der Waals surface area contributed by atoms with Crippen molar-refractivity contribution in [3.05, 3.63) is 0 Å². The van der Waals surface area contributed by atoms with Crippen molar-refractivity contribution in [1.29, 1.82) is 0 Å². The summed E-state index contributed by atoms with van der Waals surface area (Å²) in [4.78, 5) is 35.9. The Kier molecular flexibility index (Phi) is 5.99. The van der Waals surface area contributed by atoms with E-state index in [1.807, 2.05) is 0 Å². The maximum atomic E-state index is 12.0. The summed E-state index contributed by atoms with van der Waals surface area (Å²) in [5.41, 5.74) is -0.562. The van der Waals surface area contributed by atoms with Gasteiger partial charge in [0.1, 0.15) is 5.60 Å². The van der Waals surface area contributed by atoms with Gasteiger partial charge in [0.25, 0.3) is 0 Å². The van der Waals surface area contributed by atoms with Gasteiger partial charge in [-0.25, -0.2) is 4.79 Å². The van der Waals surface area contributed by atoms with Gasteiger partial charge < -0.3 is 20.1 Å². The molecule has 1 aliphatic rings. The first-order valence-electron chi connectivity index (χ1n) is 7.16. The molecule has 0 aromatic carbocycles. The second-order valence-corrected chi connectivity index (χ2v) is 6.20. The Morgan fingerprint density at radius 3 is 2.57 bits per heavy atom. The van der Waals surface area contributed by atoms with Gasteiger partial charge in [0.05, 0.1) is 12.3 Å². The van der Waals surface area contributed by atoms with E-state index >= 15 is 0 Å². The number of carbonyl (C=O) groups is 3. The minimum atomic E-state index is -0.950. The number of piperidine rings is 1. The van der Waals surface area contributed by atoms with E-state index in [0.717, 1.165) is 6.42 Å². The molecular formula is C14H24N2O5. The number of ether oxygens (including phenoxy) is 1. The number of rotatable bonds is 4. The standard InChI is InChI=1S/C14H24N2O5/c1-14(2,3)21-13(20)16-8-4-5-10(9-16)12(19)15-7-6-11(17)18/h10H,4-9H2,1-3H3,(H,15,19)(H,17,18). The van der Waals surface area contributed by atoms with Gasteiger partial charge in [-0.1, -0.05) is 0 Å². The van der Waals surface area contributed by atoms with Crippen molar-refractivity contribution in [3.63, 3.8) is 0 Å². The number of carbonyl (C=O) groups excluding carboxylic acids is 2. The van der Waals surface area contributed by atoms with Crippen molar-refractivity contribution < 1.29 is 24.2 Å². The summed E-state index contributed by atoms with van der Waals surface area (Å²) in [5.74, 6) is -1.46. The molecule has 1 atom stereocenters. The minimum absolute atomic E-state index is 0.103. The van der Waals surface area contributed by atoms with E-state index in [-0.39, 0.29) is 24.8 Å². The fraction of sp³-hybridized carbons (Fsp3) is 0.786. The Morgan fingerprint density at radius 2 is 2.00 bits per heavy atom. The summed E-state index contributed by atoms with van der Waals surface area (Å²) in [7, 11) is 0. The van der Waals surface area contributed by atoms with Gasteiger partial charge in [-0.15, -0.1) is 0 Å². The molecule has 1 saturated heterocycles. The van der Waals surface area contributed by atoms with E-state index in [4.69, 9.17) is 9.84 Å². The van der Waals surface area contributed by atoms with Crippen LogP contribution in [0.5, 0.6) is 0 Å². The number of likely N-dealkylation sites (tertiary alicyclic amines) is 1. The van der Waals surface area contributed by atoms with Crippen molar-refractivity contribution in [3.8, 4) is 0 Å². The number of hydrogen-bond donors (Lipinski definition) is 2. The Morgan fingerprint density at radius 1 is 1.33 bits per heavy atom. The van der Waals surface area contributed by atoms with Crippen LogP contribution in [-0.2, 0) is 14.3 Å². The molecule has 1 unspecified atom stereocenters. The Labute approximate surface area is 124 Å². The molecular weight excluding hydrogens is 276 g/mol. The van der Waals surface area contributed by atoms with Crippen molar-refractivity contribution in [2.45, 2.75) is 45.6 Å². The van der Waals surface area contributed by atoms with Crippen LogP contribution in [0.2, 0.25) is 0 Å². The fourth-order valence-electron chi connectivity index (χ4n) is 2.12. The third-order valence-electron chi connectivity index (χ3n) is 3.08. The number of aliphatic carboxylic acids is 1. The first-order valence-corrected chi connectivity index (χ1v) is 7.16. The summed E-state index contributed by atoms with van der Waals surface area (Å²) in [5, 5.41) is 11.1. The van der Waals surface area contributed by atoms with Gasteiger partial charge in [0.15, 0.2) is 0 Å². The SMILES string of the molecule is CC(C)(C)OC(=O)N1CCCC(C(=O)NCCC(=O)O)C1. The van der Waals surface area contributed by atoms with Crippen molar-refractivity contribution in [2.24, 2.45) is 5.92 Å². The zero-order valence-electron chi connectivity index (χ0n) is 12.8. The number of carboxylic acids is 1. The van der Waals surface area contributed by atoms with Crippen LogP contribution in [-0.4, -0.2) is 53.2 Å². The van der Waals surface area contributed by atoms with Gasteiger partial charge in [0.2, 0.25) is 5.91 Å². The summed E-state index contributed by atoms with van der Waals surface area (Å²) in [6, 6.07) is 0. The van der Waals surface area contributed by atoms with Crippen LogP contribution in [0.3, 0.4) is 0 Å². The molecule has 0 aromatic heterocycles. The van der Waals surface area contributed by atoms with E-state index < -0.39 is 17.7 Å². The summed E-state index contributed by atoms with van der Waals surface area (Å²) in [6.07, 6.45) is 0.911. The Hall–Kier alpha value is -1.79. The second-order valence-electron chi connectivity index (χ2n) is 6.20. The summed E-state index contributed by atoms with van der Waals surface area (Å²) >= 11 is 0. The zero-order chi connectivity index (χ0) is 16.0. The van der Waals surface area contributed by atoms with Crippen LogP contribution in [0.1, 0.15) is 40.0 Å². The molecule has 7 heteroatoms. The van der Waals surface area contributed by atoms with Crippen molar-refractivity contribution in [1.82, 2.24) is 10.2 Å². The van der Waals surface area contributed by atoms with E-state index in [2.05, 4.69) is 5.32 Å². The molecule has 7 nitrogen and oxygen atoms in total. The molecule has 120 valence electrons. The van der Waals surface area contributed by atoms with Gasteiger partial charge in [0, 0.05) is 19.6 Å². The van der Waals surface area contributed by atoms with E-state index in [1.165, 1.54) is 4.90 Å². The molecule has 2 amide bonds. The Bertz CT molecular complexity index is 403. The zero-order valence-corrected chi connectivity index (χ0v) is 12.8. The molecule has 0 saturated carbocycles. The highest BCUT2D eigenvalue weighted by molar-refractivity contribution is 5.80. The lowest BCUT2D eigenvalue weighted by Gasteiger charge is -2.33. The van der Waals surface area contributed by atoms with Crippen LogP contribution >= 0.6 is 0 Å². The average Bonchev–Trinajstić information content (AvgIpc) is 2.36. The van der Waals surface area contributed by atoms with Crippen LogP contribution in [0, 0.1) is 5.92 Å². The van der Waals surface area contributed by atoms with E-state index in [1.54, 1.807) is 20.8 Å². The predicted octanol–water partition coefficient (Wildman–Crippen LogP) is 1.22. The first kappa shape index (κ1) is 17.3. The lowest BCUT2D eigenvalue weighted by Crippen LogP contribution is -2.47. The maximum absolute atomic E-state index is 12.0. The molecule has 1 fully saturated rings. The summed E-state index contributed by atoms with van der Waals surface area (Å²) < 4.78 is 5.30. The number of amides is 2. The van der Waals surface area contributed by atoms with Gasteiger partial charge in [-0.05, 0) is 33.6 Å². The topological polar surface area (TPSA) is 95.9 Å². The first-order chi connectivity index (χ1) is 9.69. The molecule has 0 bridgehead atoms. The molecule has 0 radical (unpaired) electrons. The van der Waals surface area contributed by atoms with Crippen LogP contribution in [0.25, 0.3) is 0 Å². The van der Waals surface area contributed by atoms with E-state index in [0.29, 0.717) is 19.5 Å². The van der Waals surface area contributed by atoms with Gasteiger partial charge >= 0.3 is 12.1 Å². The lowest BCUT2D eigenvalue weighted by atomic mass is 9.97. The predicted molar refractivity (Wildman–Crippen MR) is 75.8 cm³/mol. The largest absolute Gasteiger partial charge is 0.481 e. The normalized spacial score (nSPS) is 19.0.